The van der Waals surface area contributed by atoms with Crippen molar-refractivity contribution in [3.05, 3.63) is 95.6 Å². The summed E-state index contributed by atoms with van der Waals surface area (Å²) in [5, 5.41) is 12.4. The van der Waals surface area contributed by atoms with Gasteiger partial charge in [0.2, 0.25) is 0 Å². The van der Waals surface area contributed by atoms with Crippen LogP contribution in [0, 0.1) is 0 Å². The molecule has 198 valence electrons. The first-order valence-electron chi connectivity index (χ1n) is 12.7. The van der Waals surface area contributed by atoms with Crippen LogP contribution in [0.25, 0.3) is 0 Å². The molecule has 37 heavy (non-hydrogen) atoms. The van der Waals surface area contributed by atoms with Gasteiger partial charge < -0.3 is 10.4 Å². The largest absolute Gasteiger partial charge is 0.480 e. The smallest absolute Gasteiger partial charge is 0.327 e. The fourth-order valence-corrected chi connectivity index (χ4v) is 4.65. The van der Waals surface area contributed by atoms with E-state index in [1.807, 2.05) is 60.7 Å². The van der Waals surface area contributed by atoms with Gasteiger partial charge in [0.1, 0.15) is 6.04 Å². The summed E-state index contributed by atoms with van der Waals surface area (Å²) in [6.07, 6.45) is 10.9. The Balaban J connectivity index is 1.88. The van der Waals surface area contributed by atoms with E-state index < -0.39 is 18.0 Å². The van der Waals surface area contributed by atoms with Gasteiger partial charge in [-0.25, -0.2) is 9.59 Å². The minimum atomic E-state index is -1.05. The molecule has 2 amide bonds. The molecule has 0 aliphatic rings. The molecule has 2 aromatic rings. The zero-order chi connectivity index (χ0) is 27.0. The molecule has 6 heteroatoms. The first-order chi connectivity index (χ1) is 17.8. The van der Waals surface area contributed by atoms with Gasteiger partial charge in [-0.3, -0.25) is 4.90 Å². The van der Waals surface area contributed by atoms with E-state index in [9.17, 15) is 14.7 Å². The highest BCUT2D eigenvalue weighted by Crippen LogP contribution is 2.25. The van der Waals surface area contributed by atoms with Crippen LogP contribution >= 0.6 is 11.8 Å². The fraction of sp³-hybridized carbons (Fsp3) is 0.355. The van der Waals surface area contributed by atoms with Crippen molar-refractivity contribution in [2.45, 2.75) is 59.4 Å². The van der Waals surface area contributed by atoms with Crippen LogP contribution in [0.4, 0.5) is 16.2 Å². The second-order valence-electron chi connectivity index (χ2n) is 9.34. The third-order valence-electron chi connectivity index (χ3n) is 5.78. The lowest BCUT2D eigenvalue weighted by molar-refractivity contribution is -0.138. The Hall–Kier alpha value is -3.25. The molecule has 0 aromatic heterocycles. The summed E-state index contributed by atoms with van der Waals surface area (Å²) in [7, 11) is 0. The summed E-state index contributed by atoms with van der Waals surface area (Å²) in [5.74, 6) is -0.0575. The van der Waals surface area contributed by atoms with Crippen LogP contribution in [0.3, 0.4) is 0 Å². The summed E-state index contributed by atoms with van der Waals surface area (Å²) in [6.45, 7) is 8.55. The molecule has 0 saturated heterocycles. The number of hydrogen-bond acceptors (Lipinski definition) is 3. The molecule has 2 aromatic carbocycles. The Morgan fingerprint density at radius 2 is 1.35 bits per heavy atom. The number of anilines is 2. The number of hydrogen-bond donors (Lipinski definition) is 2. The summed E-state index contributed by atoms with van der Waals surface area (Å²) in [4.78, 5) is 26.6. The van der Waals surface area contributed by atoms with Gasteiger partial charge in [0.15, 0.2) is 0 Å². The summed E-state index contributed by atoms with van der Waals surface area (Å²) >= 11 is 1.50. The average molecular weight is 521 g/mol. The van der Waals surface area contributed by atoms with Crippen molar-refractivity contribution in [1.82, 2.24) is 5.32 Å². The van der Waals surface area contributed by atoms with Crippen molar-refractivity contribution in [3.8, 4) is 0 Å². The first-order valence-corrected chi connectivity index (χ1v) is 13.9. The molecule has 0 aliphatic heterocycles. The lowest BCUT2D eigenvalue weighted by Gasteiger charge is -2.25. The molecule has 0 bridgehead atoms. The summed E-state index contributed by atoms with van der Waals surface area (Å²) in [6, 6.07) is 17.0. The van der Waals surface area contributed by atoms with E-state index in [0.717, 1.165) is 25.7 Å². The Bertz CT molecular complexity index is 1030. The van der Waals surface area contributed by atoms with Crippen molar-refractivity contribution in [2.75, 3.05) is 16.4 Å². The highest BCUT2D eigenvalue weighted by molar-refractivity contribution is 7.99. The Morgan fingerprint density at radius 1 is 0.838 bits per heavy atom. The van der Waals surface area contributed by atoms with E-state index in [0.29, 0.717) is 17.1 Å². The number of carbonyl (C=O) groups excluding carboxylic acids is 1. The molecule has 2 rings (SSSR count). The lowest BCUT2D eigenvalue weighted by atomic mass is 10.1. The third kappa shape index (κ3) is 11.6. The normalized spacial score (nSPS) is 12.5. The van der Waals surface area contributed by atoms with Crippen LogP contribution in [0.2, 0.25) is 0 Å². The fourth-order valence-electron chi connectivity index (χ4n) is 3.65. The molecule has 0 heterocycles. The van der Waals surface area contributed by atoms with Crippen LogP contribution < -0.4 is 10.2 Å². The monoisotopic (exact) mass is 520 g/mol. The number of amides is 2. The van der Waals surface area contributed by atoms with E-state index in [1.54, 1.807) is 0 Å². The number of aliphatic carboxylic acids is 1. The Kier molecular flexibility index (Phi) is 13.4. The minimum absolute atomic E-state index is 0.283. The molecule has 0 aliphatic carbocycles. The second kappa shape index (κ2) is 16.5. The van der Waals surface area contributed by atoms with E-state index in [-0.39, 0.29) is 5.75 Å². The number of benzene rings is 2. The highest BCUT2D eigenvalue weighted by atomic mass is 32.2. The predicted octanol–water partition coefficient (Wildman–Crippen LogP) is 8.14. The standard InChI is InChI=1S/C31H40N2O3S/c1-24(2)13-11-14-25(3)15-12-16-26(4)21-22-37-23-29(30(34)35)32-31(36)33(27-17-7-5-8-18-27)28-19-9-6-10-20-28/h5-10,13,15,17-21,29H,11-12,14,16,22-23H2,1-4H3,(H,32,36)(H,34,35)/b25-15+,26-21+. The van der Waals surface area contributed by atoms with Gasteiger partial charge in [0.25, 0.3) is 0 Å². The van der Waals surface area contributed by atoms with Crippen molar-refractivity contribution in [3.63, 3.8) is 0 Å². The maximum Gasteiger partial charge on any atom is 0.327 e. The molecular formula is C31H40N2O3S. The number of carbonyl (C=O) groups is 2. The van der Waals surface area contributed by atoms with Gasteiger partial charge in [-0.2, -0.15) is 11.8 Å². The van der Waals surface area contributed by atoms with Crippen molar-refractivity contribution in [1.29, 1.82) is 0 Å². The quantitative estimate of drug-likeness (QED) is 0.195. The SMILES string of the molecule is CC(C)=CCC/C(C)=C/CC/C(C)=C/CSCC(NC(=O)N(c1ccccc1)c1ccccc1)C(=O)O. The van der Waals surface area contributed by atoms with Crippen LogP contribution in [-0.4, -0.2) is 34.7 Å². The van der Waals surface area contributed by atoms with Crippen molar-refractivity contribution in [2.24, 2.45) is 0 Å². The van der Waals surface area contributed by atoms with E-state index in [1.165, 1.54) is 33.4 Å². The van der Waals surface area contributed by atoms with Crippen molar-refractivity contribution < 1.29 is 14.7 Å². The molecule has 0 saturated carbocycles. The molecule has 2 N–H and O–H groups in total. The van der Waals surface area contributed by atoms with Crippen molar-refractivity contribution >= 4 is 35.1 Å². The number of thioether (sulfide) groups is 1. The zero-order valence-corrected chi connectivity index (χ0v) is 23.3. The van der Waals surface area contributed by atoms with Gasteiger partial charge in [-0.15, -0.1) is 0 Å². The number of urea groups is 1. The van der Waals surface area contributed by atoms with Crippen LogP contribution in [0.1, 0.15) is 53.4 Å². The maximum absolute atomic E-state index is 13.2. The zero-order valence-electron chi connectivity index (χ0n) is 22.4. The summed E-state index contributed by atoms with van der Waals surface area (Å²) in [5.41, 5.74) is 5.40. The van der Waals surface area contributed by atoms with Crippen LogP contribution in [-0.2, 0) is 4.79 Å². The maximum atomic E-state index is 13.2. The number of carboxylic acid groups (broad SMARTS) is 1. The number of nitrogens with one attached hydrogen (secondary N) is 1. The number of rotatable bonds is 14. The summed E-state index contributed by atoms with van der Waals surface area (Å²) < 4.78 is 0. The van der Waals surface area contributed by atoms with Gasteiger partial charge in [-0.05, 0) is 77.6 Å². The van der Waals surface area contributed by atoms with Gasteiger partial charge in [0, 0.05) is 11.5 Å². The van der Waals surface area contributed by atoms with Crippen LogP contribution in [0.5, 0.6) is 0 Å². The molecule has 0 radical (unpaired) electrons. The second-order valence-corrected chi connectivity index (χ2v) is 10.4. The van der Waals surface area contributed by atoms with Crippen LogP contribution in [0.15, 0.2) is 95.6 Å². The lowest BCUT2D eigenvalue weighted by Crippen LogP contribution is -2.47. The van der Waals surface area contributed by atoms with E-state index in [2.05, 4.69) is 51.2 Å². The molecule has 5 nitrogen and oxygen atoms in total. The molecule has 0 spiro atoms. The average Bonchev–Trinajstić information content (AvgIpc) is 2.87. The predicted molar refractivity (Wildman–Crippen MR) is 158 cm³/mol. The van der Waals surface area contributed by atoms with Gasteiger partial charge in [-0.1, -0.05) is 71.3 Å². The third-order valence-corrected chi connectivity index (χ3v) is 6.76. The van der Waals surface area contributed by atoms with E-state index >= 15 is 0 Å². The molecule has 0 fully saturated rings. The number of nitrogens with zero attached hydrogens (tertiary/aromatic N) is 1. The molecule has 1 unspecified atom stereocenters. The first kappa shape index (κ1) is 30.0. The van der Waals surface area contributed by atoms with Gasteiger partial charge >= 0.3 is 12.0 Å². The molecular weight excluding hydrogens is 480 g/mol. The Morgan fingerprint density at radius 3 is 1.86 bits per heavy atom. The minimum Gasteiger partial charge on any atom is -0.480 e. The van der Waals surface area contributed by atoms with E-state index in [4.69, 9.17) is 0 Å². The topological polar surface area (TPSA) is 69.6 Å². The van der Waals surface area contributed by atoms with Gasteiger partial charge in [0.05, 0.1) is 11.4 Å². The Labute approximate surface area is 226 Å². The number of carboxylic acids is 1. The number of para-hydroxylation sites is 2. The number of allylic oxidation sites excluding steroid dienone is 5. The molecule has 1 atom stereocenters. The highest BCUT2D eigenvalue weighted by Gasteiger charge is 2.25.